The molecule has 0 saturated carbocycles. The van der Waals surface area contributed by atoms with Gasteiger partial charge in [-0.05, 0) is 12.6 Å². The molecule has 0 rings (SSSR count). The highest BCUT2D eigenvalue weighted by atomic mass is 14.8. The van der Waals surface area contributed by atoms with Crippen molar-refractivity contribution in [1.82, 2.24) is 5.32 Å². The second-order valence-corrected chi connectivity index (χ2v) is 1.59. The van der Waals surface area contributed by atoms with Crippen LogP contribution in [-0.4, -0.2) is 13.1 Å². The Bertz CT molecular complexity index is 59.5. The molecule has 0 aliphatic carbocycles. The highest BCUT2D eigenvalue weighted by molar-refractivity contribution is 4.79. The lowest BCUT2D eigenvalue weighted by atomic mass is 10.5. The number of nitrogens with two attached hydrogens (primary N) is 1. The maximum atomic E-state index is 5.18. The zero-order valence-corrected chi connectivity index (χ0v) is 5.35. The lowest BCUT2D eigenvalue weighted by molar-refractivity contribution is 0.807. The molecule has 2 heteroatoms. The molecule has 0 unspecified atom stereocenters. The molecule has 0 bridgehead atoms. The Morgan fingerprint density at radius 2 is 2.38 bits per heavy atom. The van der Waals surface area contributed by atoms with Gasteiger partial charge < -0.3 is 11.1 Å². The van der Waals surface area contributed by atoms with Gasteiger partial charge >= 0.3 is 0 Å². The van der Waals surface area contributed by atoms with Crippen LogP contribution in [0, 0.1) is 0 Å². The first-order valence-electron chi connectivity index (χ1n) is 3.00. The lowest BCUT2D eigenvalue weighted by Crippen LogP contribution is -2.06. The molecule has 0 aromatic carbocycles. The first-order valence-corrected chi connectivity index (χ1v) is 3.00. The minimum Gasteiger partial charge on any atom is -0.391 e. The van der Waals surface area contributed by atoms with Crippen LogP contribution in [0.5, 0.6) is 0 Å². The van der Waals surface area contributed by atoms with Gasteiger partial charge in [0.1, 0.15) is 0 Å². The van der Waals surface area contributed by atoms with Crippen molar-refractivity contribution in [3.63, 3.8) is 0 Å². The van der Waals surface area contributed by atoms with Crippen molar-refractivity contribution in [3.05, 3.63) is 12.3 Å². The standard InChI is InChI=1S/C6H14N2/c1-2-5-8-6-3-4-7/h3,6,8H,2,4-5,7H2,1H3. The van der Waals surface area contributed by atoms with E-state index < -0.39 is 0 Å². The normalized spacial score (nSPS) is 10.2. The van der Waals surface area contributed by atoms with E-state index in [1.165, 1.54) is 0 Å². The summed E-state index contributed by atoms with van der Waals surface area (Å²) in [6, 6.07) is 0. The summed E-state index contributed by atoms with van der Waals surface area (Å²) in [5.41, 5.74) is 5.18. The largest absolute Gasteiger partial charge is 0.391 e. The van der Waals surface area contributed by atoms with E-state index in [1.54, 1.807) is 0 Å². The van der Waals surface area contributed by atoms with Gasteiger partial charge in [-0.3, -0.25) is 0 Å². The fourth-order valence-corrected chi connectivity index (χ4v) is 0.379. The van der Waals surface area contributed by atoms with Crippen molar-refractivity contribution >= 4 is 0 Å². The van der Waals surface area contributed by atoms with Crippen LogP contribution in [0.15, 0.2) is 12.3 Å². The Morgan fingerprint density at radius 3 is 2.88 bits per heavy atom. The van der Waals surface area contributed by atoms with E-state index in [0.29, 0.717) is 6.54 Å². The molecule has 0 heterocycles. The number of hydrogen-bond donors (Lipinski definition) is 2. The summed E-state index contributed by atoms with van der Waals surface area (Å²) in [5, 5.41) is 3.08. The molecule has 0 saturated heterocycles. The van der Waals surface area contributed by atoms with E-state index in [9.17, 15) is 0 Å². The molecule has 3 N–H and O–H groups in total. The van der Waals surface area contributed by atoms with Crippen LogP contribution < -0.4 is 11.1 Å². The van der Waals surface area contributed by atoms with Gasteiger partial charge in [-0.25, -0.2) is 0 Å². The molecule has 0 aromatic heterocycles. The summed E-state index contributed by atoms with van der Waals surface area (Å²) in [7, 11) is 0. The third kappa shape index (κ3) is 5.50. The zero-order valence-electron chi connectivity index (χ0n) is 5.35. The average Bonchev–Trinajstić information content (AvgIpc) is 1.81. The summed E-state index contributed by atoms with van der Waals surface area (Å²) in [5.74, 6) is 0. The average molecular weight is 114 g/mol. The minimum absolute atomic E-state index is 0.622. The van der Waals surface area contributed by atoms with Crippen LogP contribution in [0.25, 0.3) is 0 Å². The Morgan fingerprint density at radius 1 is 1.62 bits per heavy atom. The highest BCUT2D eigenvalue weighted by Gasteiger charge is 1.70. The molecule has 0 amide bonds. The van der Waals surface area contributed by atoms with Gasteiger partial charge in [0.05, 0.1) is 0 Å². The predicted molar refractivity (Wildman–Crippen MR) is 36.5 cm³/mol. The quantitative estimate of drug-likeness (QED) is 0.521. The van der Waals surface area contributed by atoms with Crippen LogP contribution in [0.4, 0.5) is 0 Å². The Balaban J connectivity index is 2.80. The molecule has 0 fully saturated rings. The molecule has 48 valence electrons. The first-order chi connectivity index (χ1) is 3.91. The van der Waals surface area contributed by atoms with Crippen molar-refractivity contribution in [2.75, 3.05) is 13.1 Å². The Kier molecular flexibility index (Phi) is 6.09. The summed E-state index contributed by atoms with van der Waals surface area (Å²) >= 11 is 0. The maximum absolute atomic E-state index is 5.18. The number of hydrogen-bond acceptors (Lipinski definition) is 2. The molecule has 0 spiro atoms. The van der Waals surface area contributed by atoms with Gasteiger partial charge in [-0.2, -0.15) is 0 Å². The van der Waals surface area contributed by atoms with Crippen LogP contribution in [0.1, 0.15) is 13.3 Å². The second kappa shape index (κ2) is 6.50. The van der Waals surface area contributed by atoms with Gasteiger partial charge in [0.25, 0.3) is 0 Å². The van der Waals surface area contributed by atoms with E-state index in [4.69, 9.17) is 5.73 Å². The highest BCUT2D eigenvalue weighted by Crippen LogP contribution is 1.68. The molecular formula is C6H14N2. The Hall–Kier alpha value is -0.500. The SMILES string of the molecule is CCCNC=CCN. The third-order valence-electron chi connectivity index (χ3n) is 0.766. The zero-order chi connectivity index (χ0) is 6.24. The van der Waals surface area contributed by atoms with Crippen molar-refractivity contribution < 1.29 is 0 Å². The van der Waals surface area contributed by atoms with Crippen LogP contribution in [0.3, 0.4) is 0 Å². The lowest BCUT2D eigenvalue weighted by Gasteiger charge is -1.92. The van der Waals surface area contributed by atoms with Gasteiger partial charge in [-0.15, -0.1) is 0 Å². The van der Waals surface area contributed by atoms with Crippen molar-refractivity contribution in [2.24, 2.45) is 5.73 Å². The summed E-state index contributed by atoms with van der Waals surface area (Å²) in [4.78, 5) is 0. The predicted octanol–water partition coefficient (Wildman–Crippen LogP) is 0.458. The maximum Gasteiger partial charge on any atom is 0.0138 e. The van der Waals surface area contributed by atoms with Crippen LogP contribution in [0.2, 0.25) is 0 Å². The summed E-state index contributed by atoms with van der Waals surface area (Å²) < 4.78 is 0. The molecule has 0 aliphatic rings. The topological polar surface area (TPSA) is 38.0 Å². The minimum atomic E-state index is 0.622. The monoisotopic (exact) mass is 114 g/mol. The summed E-state index contributed by atoms with van der Waals surface area (Å²) in [6.07, 6.45) is 4.95. The van der Waals surface area contributed by atoms with E-state index in [1.807, 2.05) is 12.3 Å². The molecule has 0 radical (unpaired) electrons. The fourth-order valence-electron chi connectivity index (χ4n) is 0.379. The van der Waals surface area contributed by atoms with E-state index in [-0.39, 0.29) is 0 Å². The molecule has 0 aliphatic heterocycles. The molecule has 8 heavy (non-hydrogen) atoms. The van der Waals surface area contributed by atoms with Gasteiger partial charge in [0, 0.05) is 13.1 Å². The third-order valence-corrected chi connectivity index (χ3v) is 0.766. The molecular weight excluding hydrogens is 100 g/mol. The number of rotatable bonds is 4. The Labute approximate surface area is 50.8 Å². The van der Waals surface area contributed by atoms with Crippen LogP contribution >= 0.6 is 0 Å². The molecule has 0 aromatic rings. The van der Waals surface area contributed by atoms with E-state index in [0.717, 1.165) is 13.0 Å². The van der Waals surface area contributed by atoms with Crippen molar-refractivity contribution in [2.45, 2.75) is 13.3 Å². The van der Waals surface area contributed by atoms with Crippen molar-refractivity contribution in [1.29, 1.82) is 0 Å². The van der Waals surface area contributed by atoms with Gasteiger partial charge in [0.2, 0.25) is 0 Å². The number of nitrogens with one attached hydrogen (secondary N) is 1. The van der Waals surface area contributed by atoms with Gasteiger partial charge in [-0.1, -0.05) is 13.0 Å². The van der Waals surface area contributed by atoms with Crippen molar-refractivity contribution in [3.8, 4) is 0 Å². The smallest absolute Gasteiger partial charge is 0.0138 e. The summed E-state index contributed by atoms with van der Waals surface area (Å²) in [6.45, 7) is 3.79. The van der Waals surface area contributed by atoms with E-state index in [2.05, 4.69) is 12.2 Å². The molecule has 2 nitrogen and oxygen atoms in total. The second-order valence-electron chi connectivity index (χ2n) is 1.59. The first kappa shape index (κ1) is 7.50. The van der Waals surface area contributed by atoms with Crippen LogP contribution in [-0.2, 0) is 0 Å². The molecule has 0 atom stereocenters. The van der Waals surface area contributed by atoms with E-state index >= 15 is 0 Å². The fraction of sp³-hybridized carbons (Fsp3) is 0.667. The van der Waals surface area contributed by atoms with Gasteiger partial charge in [0.15, 0.2) is 0 Å².